The van der Waals surface area contributed by atoms with Crippen LogP contribution in [0, 0.1) is 5.82 Å². The Morgan fingerprint density at radius 2 is 1.86 bits per heavy atom. The molecule has 1 unspecified atom stereocenters. The topological polar surface area (TPSA) is 43.8 Å². The third kappa shape index (κ3) is 3.92. The maximum Gasteiger partial charge on any atom is 0.416 e. The Labute approximate surface area is 165 Å². The molecule has 29 heavy (non-hydrogen) atoms. The van der Waals surface area contributed by atoms with Crippen LogP contribution in [0.3, 0.4) is 0 Å². The molecule has 0 radical (unpaired) electrons. The molecular weight excluding hydrogens is 388 g/mol. The van der Waals surface area contributed by atoms with Crippen molar-refractivity contribution in [2.45, 2.75) is 25.6 Å². The molecule has 2 aromatic rings. The van der Waals surface area contributed by atoms with Gasteiger partial charge in [-0.05, 0) is 35.4 Å². The minimum Gasteiger partial charge on any atom is -0.478 e. The second kappa shape index (κ2) is 7.42. The summed E-state index contributed by atoms with van der Waals surface area (Å²) in [5, 5.41) is 9.81. The molecule has 1 atom stereocenters. The molecule has 0 saturated carbocycles. The largest absolute Gasteiger partial charge is 0.478 e. The van der Waals surface area contributed by atoms with E-state index in [0.717, 1.165) is 12.1 Å². The molecule has 0 bridgehead atoms. The van der Waals surface area contributed by atoms with Crippen molar-refractivity contribution in [3.8, 4) is 0 Å². The van der Waals surface area contributed by atoms with Crippen molar-refractivity contribution in [3.05, 3.63) is 76.4 Å². The molecule has 1 heterocycles. The number of aliphatic carboxylic acids is 1. The molecule has 0 amide bonds. The number of hydrogen-bond donors (Lipinski definition) is 1. The predicted octanol–water partition coefficient (Wildman–Crippen LogP) is 4.83. The van der Waals surface area contributed by atoms with E-state index in [2.05, 4.69) is 0 Å². The standard InChI is InChI=1S/C21H20F4N2O2/c1-12-16-8-7-14(21(23,24)25)10-17(16)27(11-13-5-4-6-15(22)9-13)19(26(2)3)18(12)20(28)29/h4-10,12H,11H2,1-3H3,(H,28,29). The number of hydrogen-bond acceptors (Lipinski definition) is 3. The van der Waals surface area contributed by atoms with E-state index in [-0.39, 0.29) is 23.6 Å². The average Bonchev–Trinajstić information content (AvgIpc) is 2.62. The maximum absolute atomic E-state index is 13.7. The fourth-order valence-corrected chi connectivity index (χ4v) is 3.67. The molecule has 3 rings (SSSR count). The molecule has 0 spiro atoms. The number of alkyl halides is 3. The smallest absolute Gasteiger partial charge is 0.416 e. The zero-order valence-electron chi connectivity index (χ0n) is 16.1. The van der Waals surface area contributed by atoms with E-state index in [1.54, 1.807) is 32.0 Å². The van der Waals surface area contributed by atoms with Gasteiger partial charge in [0.15, 0.2) is 0 Å². The third-order valence-corrected chi connectivity index (χ3v) is 4.93. The van der Waals surface area contributed by atoms with Gasteiger partial charge in [-0.2, -0.15) is 13.2 Å². The summed E-state index contributed by atoms with van der Waals surface area (Å²) in [7, 11) is 3.25. The molecule has 1 aliphatic rings. The van der Waals surface area contributed by atoms with E-state index >= 15 is 0 Å². The number of benzene rings is 2. The Bertz CT molecular complexity index is 983. The summed E-state index contributed by atoms with van der Waals surface area (Å²) in [6.45, 7) is 1.67. The first-order valence-corrected chi connectivity index (χ1v) is 8.88. The number of carbonyl (C=O) groups is 1. The van der Waals surface area contributed by atoms with Gasteiger partial charge in [0.1, 0.15) is 11.6 Å². The molecule has 0 aromatic heterocycles. The maximum atomic E-state index is 13.7. The second-order valence-electron chi connectivity index (χ2n) is 7.15. The van der Waals surface area contributed by atoms with E-state index in [1.807, 2.05) is 0 Å². The quantitative estimate of drug-likeness (QED) is 0.737. The van der Waals surface area contributed by atoms with Crippen LogP contribution in [0.25, 0.3) is 0 Å². The average molecular weight is 408 g/mol. The van der Waals surface area contributed by atoms with Crippen LogP contribution in [0.2, 0.25) is 0 Å². The highest BCUT2D eigenvalue weighted by molar-refractivity contribution is 5.92. The predicted molar refractivity (Wildman–Crippen MR) is 101 cm³/mol. The van der Waals surface area contributed by atoms with Gasteiger partial charge in [0.2, 0.25) is 0 Å². The van der Waals surface area contributed by atoms with Gasteiger partial charge >= 0.3 is 12.1 Å². The highest BCUT2D eigenvalue weighted by atomic mass is 19.4. The Kier molecular flexibility index (Phi) is 5.30. The van der Waals surface area contributed by atoms with Crippen LogP contribution in [0.15, 0.2) is 53.9 Å². The fourth-order valence-electron chi connectivity index (χ4n) is 3.67. The lowest BCUT2D eigenvalue weighted by Gasteiger charge is -2.40. The summed E-state index contributed by atoms with van der Waals surface area (Å²) < 4.78 is 53.7. The Morgan fingerprint density at radius 1 is 1.17 bits per heavy atom. The molecule has 1 N–H and O–H groups in total. The zero-order valence-corrected chi connectivity index (χ0v) is 16.1. The summed E-state index contributed by atoms with van der Waals surface area (Å²) in [6, 6.07) is 8.98. The number of carboxylic acid groups (broad SMARTS) is 1. The highest BCUT2D eigenvalue weighted by Gasteiger charge is 2.38. The monoisotopic (exact) mass is 408 g/mol. The summed E-state index contributed by atoms with van der Waals surface area (Å²) >= 11 is 0. The van der Waals surface area contributed by atoms with Crippen LogP contribution in [-0.4, -0.2) is 30.1 Å². The first kappa shape index (κ1) is 20.7. The van der Waals surface area contributed by atoms with Crippen molar-refractivity contribution in [2.75, 3.05) is 19.0 Å². The van der Waals surface area contributed by atoms with Crippen LogP contribution >= 0.6 is 0 Å². The van der Waals surface area contributed by atoms with Crippen LogP contribution in [0.4, 0.5) is 23.2 Å². The molecule has 0 saturated heterocycles. The van der Waals surface area contributed by atoms with Gasteiger partial charge in [-0.3, -0.25) is 0 Å². The van der Waals surface area contributed by atoms with E-state index in [4.69, 9.17) is 0 Å². The number of carboxylic acids is 1. The number of nitrogens with zero attached hydrogens (tertiary/aromatic N) is 2. The van der Waals surface area contributed by atoms with E-state index < -0.39 is 29.4 Å². The SMILES string of the molecule is CC1C(C(=O)O)=C(N(C)C)N(Cc2cccc(F)c2)c2cc(C(F)(F)F)ccc21. The lowest BCUT2D eigenvalue weighted by atomic mass is 9.86. The molecule has 0 fully saturated rings. The Morgan fingerprint density at radius 3 is 2.41 bits per heavy atom. The van der Waals surface area contributed by atoms with E-state index in [9.17, 15) is 27.5 Å². The van der Waals surface area contributed by atoms with Gasteiger partial charge < -0.3 is 14.9 Å². The minimum absolute atomic E-state index is 0.0169. The Hall–Kier alpha value is -3.03. The third-order valence-electron chi connectivity index (χ3n) is 4.93. The van der Waals surface area contributed by atoms with E-state index in [1.165, 1.54) is 29.2 Å². The minimum atomic E-state index is -4.54. The van der Waals surface area contributed by atoms with Gasteiger partial charge in [0, 0.05) is 32.2 Å². The van der Waals surface area contributed by atoms with Crippen molar-refractivity contribution in [3.63, 3.8) is 0 Å². The van der Waals surface area contributed by atoms with Crippen molar-refractivity contribution < 1.29 is 27.5 Å². The molecule has 2 aromatic carbocycles. The van der Waals surface area contributed by atoms with Crippen molar-refractivity contribution >= 4 is 11.7 Å². The zero-order chi connectivity index (χ0) is 21.5. The number of fused-ring (bicyclic) bond motifs is 1. The fraction of sp³-hybridized carbons (Fsp3) is 0.286. The molecule has 8 heteroatoms. The van der Waals surface area contributed by atoms with Gasteiger partial charge in [0.05, 0.1) is 11.1 Å². The van der Waals surface area contributed by atoms with Crippen LogP contribution in [0.5, 0.6) is 0 Å². The normalized spacial score (nSPS) is 16.7. The Balaban J connectivity index is 2.25. The number of anilines is 1. The van der Waals surface area contributed by atoms with Gasteiger partial charge in [0.25, 0.3) is 0 Å². The summed E-state index contributed by atoms with van der Waals surface area (Å²) in [4.78, 5) is 15.1. The molecule has 0 aliphatic carbocycles. The second-order valence-corrected chi connectivity index (χ2v) is 7.15. The first-order chi connectivity index (χ1) is 13.5. The molecule has 1 aliphatic heterocycles. The van der Waals surface area contributed by atoms with Crippen molar-refractivity contribution in [2.24, 2.45) is 0 Å². The molecule has 4 nitrogen and oxygen atoms in total. The van der Waals surface area contributed by atoms with Crippen LogP contribution < -0.4 is 4.90 Å². The van der Waals surface area contributed by atoms with Gasteiger partial charge in [-0.1, -0.05) is 25.1 Å². The van der Waals surface area contributed by atoms with Crippen LogP contribution in [0.1, 0.15) is 29.5 Å². The first-order valence-electron chi connectivity index (χ1n) is 8.88. The van der Waals surface area contributed by atoms with Gasteiger partial charge in [-0.25, -0.2) is 9.18 Å². The van der Waals surface area contributed by atoms with E-state index in [0.29, 0.717) is 11.1 Å². The molecule has 154 valence electrons. The summed E-state index contributed by atoms with van der Waals surface area (Å²) in [5.74, 6) is -1.99. The van der Waals surface area contributed by atoms with Crippen molar-refractivity contribution in [1.82, 2.24) is 4.90 Å². The number of halogens is 4. The number of rotatable bonds is 4. The summed E-state index contributed by atoms with van der Waals surface area (Å²) in [6.07, 6.45) is -4.54. The van der Waals surface area contributed by atoms with Gasteiger partial charge in [-0.15, -0.1) is 0 Å². The highest BCUT2D eigenvalue weighted by Crippen LogP contribution is 2.44. The molecular formula is C21H20F4N2O2. The van der Waals surface area contributed by atoms with Crippen LogP contribution in [-0.2, 0) is 17.5 Å². The van der Waals surface area contributed by atoms with Crippen molar-refractivity contribution in [1.29, 1.82) is 0 Å². The lowest BCUT2D eigenvalue weighted by molar-refractivity contribution is -0.137. The summed E-state index contributed by atoms with van der Waals surface area (Å²) in [5.41, 5.74) is 0.470. The lowest BCUT2D eigenvalue weighted by Crippen LogP contribution is -2.38.